The normalized spacial score (nSPS) is 18.5. The van der Waals surface area contributed by atoms with Gasteiger partial charge in [-0.05, 0) is 64.2 Å². The molecule has 0 radical (unpaired) electrons. The van der Waals surface area contributed by atoms with Crippen LogP contribution < -0.4 is 5.32 Å². The first-order valence-corrected chi connectivity index (χ1v) is 39.7. The minimum absolute atomic E-state index is 0.257. The van der Waals surface area contributed by atoms with E-state index >= 15 is 0 Å². The molecule has 534 valence electrons. The van der Waals surface area contributed by atoms with Crippen molar-refractivity contribution < 1.29 is 50.0 Å². The molecule has 0 aromatic rings. The average Bonchev–Trinajstić information content (AvgIpc) is 1.37. The van der Waals surface area contributed by atoms with Crippen LogP contribution in [-0.2, 0) is 14.3 Å². The SMILES string of the molecule is CCCCCCCCCCCCCC/C=C\CCCCCCCCCCCCCCCCCC(O)C(=O)NC(COC1OC(CO)C(O)C(O)C1O)C(O)C(O)CCC/C=C/CCCCCCCCCCCCCCCCCCCCCCCCCCCCC. The highest BCUT2D eigenvalue weighted by molar-refractivity contribution is 5.80. The number of carbonyl (C=O) groups excluding carboxylic acids is 1. The smallest absolute Gasteiger partial charge is 0.249 e. The first-order chi connectivity index (χ1) is 44.2. The predicted molar refractivity (Wildman–Crippen MR) is 381 cm³/mol. The minimum Gasteiger partial charge on any atom is -0.394 e. The zero-order valence-corrected chi connectivity index (χ0v) is 59.4. The second kappa shape index (κ2) is 67.6. The molecular formula is C79H153NO10. The van der Waals surface area contributed by atoms with Gasteiger partial charge in [0.1, 0.15) is 36.6 Å². The Morgan fingerprint density at radius 1 is 0.378 bits per heavy atom. The summed E-state index contributed by atoms with van der Waals surface area (Å²) in [6, 6.07) is -1.19. The molecule has 1 fully saturated rings. The fourth-order valence-corrected chi connectivity index (χ4v) is 13.2. The summed E-state index contributed by atoms with van der Waals surface area (Å²) in [6.45, 7) is 3.52. The van der Waals surface area contributed by atoms with Gasteiger partial charge >= 0.3 is 0 Å². The number of nitrogens with one attached hydrogen (secondary N) is 1. The summed E-state index contributed by atoms with van der Waals surface area (Å²) in [5, 5.41) is 76.7. The topological polar surface area (TPSA) is 189 Å². The zero-order valence-electron chi connectivity index (χ0n) is 59.4. The third kappa shape index (κ3) is 53.8. The van der Waals surface area contributed by atoms with Crippen molar-refractivity contribution in [2.24, 2.45) is 0 Å². The molecule has 1 amide bonds. The van der Waals surface area contributed by atoms with Gasteiger partial charge in [-0.3, -0.25) is 4.79 Å². The lowest BCUT2D eigenvalue weighted by Gasteiger charge is -2.40. The van der Waals surface area contributed by atoms with Crippen molar-refractivity contribution in [3.63, 3.8) is 0 Å². The Labute approximate surface area is 556 Å². The summed E-state index contributed by atoms with van der Waals surface area (Å²) in [5.41, 5.74) is 0. The first kappa shape index (κ1) is 86.6. The number of carbonyl (C=O) groups is 1. The van der Waals surface area contributed by atoms with Gasteiger partial charge in [0.2, 0.25) is 5.91 Å². The average molecular weight is 1280 g/mol. The largest absolute Gasteiger partial charge is 0.394 e. The number of aliphatic hydroxyl groups excluding tert-OH is 7. The van der Waals surface area contributed by atoms with Gasteiger partial charge in [-0.25, -0.2) is 0 Å². The Bertz CT molecular complexity index is 1510. The van der Waals surface area contributed by atoms with Crippen LogP contribution in [-0.4, -0.2) is 110 Å². The Hall–Kier alpha value is -1.41. The maximum absolute atomic E-state index is 13.3. The monoisotopic (exact) mass is 1280 g/mol. The summed E-state index contributed by atoms with van der Waals surface area (Å²) in [6.07, 6.45) is 75.8. The Balaban J connectivity index is 2.15. The first-order valence-electron chi connectivity index (χ1n) is 39.7. The molecule has 9 unspecified atom stereocenters. The molecule has 0 aromatic carbocycles. The number of hydrogen-bond donors (Lipinski definition) is 8. The molecule has 0 aromatic heterocycles. The van der Waals surface area contributed by atoms with Crippen LogP contribution >= 0.6 is 0 Å². The number of amides is 1. The van der Waals surface area contributed by atoms with E-state index < -0.39 is 74.2 Å². The maximum atomic E-state index is 13.3. The fraction of sp³-hybridized carbons (Fsp3) is 0.937. The highest BCUT2D eigenvalue weighted by atomic mass is 16.7. The van der Waals surface area contributed by atoms with Crippen molar-refractivity contribution >= 4 is 5.91 Å². The molecule has 90 heavy (non-hydrogen) atoms. The van der Waals surface area contributed by atoms with E-state index in [1.54, 1.807) is 0 Å². The van der Waals surface area contributed by atoms with Gasteiger partial charge < -0.3 is 50.5 Å². The lowest BCUT2D eigenvalue weighted by Crippen LogP contribution is -2.60. The molecule has 11 heteroatoms. The quantitative estimate of drug-likeness (QED) is 0.0215. The van der Waals surface area contributed by atoms with Gasteiger partial charge in [-0.15, -0.1) is 0 Å². The molecule has 1 rings (SSSR count). The summed E-state index contributed by atoms with van der Waals surface area (Å²) < 4.78 is 11.2. The number of unbranched alkanes of at least 4 members (excludes halogenated alkanes) is 55. The van der Waals surface area contributed by atoms with E-state index in [4.69, 9.17) is 9.47 Å². The molecule has 1 heterocycles. The van der Waals surface area contributed by atoms with E-state index in [1.165, 1.54) is 327 Å². The molecule has 0 spiro atoms. The Morgan fingerprint density at radius 3 is 0.956 bits per heavy atom. The van der Waals surface area contributed by atoms with E-state index in [1.807, 2.05) is 0 Å². The Kier molecular flexibility index (Phi) is 65.0. The Morgan fingerprint density at radius 2 is 0.656 bits per heavy atom. The van der Waals surface area contributed by atoms with Gasteiger partial charge in [0.25, 0.3) is 0 Å². The molecule has 1 aliphatic rings. The molecular weight excluding hydrogens is 1120 g/mol. The summed E-state index contributed by atoms with van der Waals surface area (Å²) in [4.78, 5) is 13.3. The summed E-state index contributed by atoms with van der Waals surface area (Å²) in [5.74, 6) is -0.698. The number of rotatable bonds is 71. The molecule has 11 nitrogen and oxygen atoms in total. The third-order valence-corrected chi connectivity index (χ3v) is 19.5. The zero-order chi connectivity index (χ0) is 65.3. The van der Waals surface area contributed by atoms with Crippen LogP contribution in [0.25, 0.3) is 0 Å². The van der Waals surface area contributed by atoms with E-state index in [0.717, 1.165) is 38.5 Å². The van der Waals surface area contributed by atoms with Gasteiger partial charge in [0.15, 0.2) is 6.29 Å². The molecule has 1 aliphatic heterocycles. The second-order valence-corrected chi connectivity index (χ2v) is 28.1. The molecule has 1 saturated heterocycles. The highest BCUT2D eigenvalue weighted by Gasteiger charge is 2.44. The third-order valence-electron chi connectivity index (χ3n) is 19.5. The highest BCUT2D eigenvalue weighted by Crippen LogP contribution is 2.24. The van der Waals surface area contributed by atoms with Gasteiger partial charge in [-0.2, -0.15) is 0 Å². The predicted octanol–water partition coefficient (Wildman–Crippen LogP) is 20.3. The second-order valence-electron chi connectivity index (χ2n) is 28.1. The lowest BCUT2D eigenvalue weighted by atomic mass is 9.98. The number of aliphatic hydroxyl groups is 7. The van der Waals surface area contributed by atoms with Crippen LogP contribution in [0.15, 0.2) is 24.3 Å². The molecule has 0 bridgehead atoms. The lowest BCUT2D eigenvalue weighted by molar-refractivity contribution is -0.303. The van der Waals surface area contributed by atoms with Crippen LogP contribution in [0, 0.1) is 0 Å². The fourth-order valence-electron chi connectivity index (χ4n) is 13.2. The van der Waals surface area contributed by atoms with E-state index in [2.05, 4.69) is 43.5 Å². The van der Waals surface area contributed by atoms with Crippen LogP contribution in [0.5, 0.6) is 0 Å². The van der Waals surface area contributed by atoms with E-state index in [0.29, 0.717) is 12.8 Å². The van der Waals surface area contributed by atoms with Crippen LogP contribution in [0.1, 0.15) is 406 Å². The molecule has 0 aliphatic carbocycles. The summed E-state index contributed by atoms with van der Waals surface area (Å²) >= 11 is 0. The van der Waals surface area contributed by atoms with Crippen molar-refractivity contribution in [3.8, 4) is 0 Å². The summed E-state index contributed by atoms with van der Waals surface area (Å²) in [7, 11) is 0. The molecule has 0 saturated carbocycles. The van der Waals surface area contributed by atoms with Crippen molar-refractivity contribution in [3.05, 3.63) is 24.3 Å². The van der Waals surface area contributed by atoms with Crippen LogP contribution in [0.4, 0.5) is 0 Å². The number of allylic oxidation sites excluding steroid dienone is 4. The van der Waals surface area contributed by atoms with Crippen molar-refractivity contribution in [1.29, 1.82) is 0 Å². The number of hydrogen-bond acceptors (Lipinski definition) is 10. The minimum atomic E-state index is -1.67. The standard InChI is InChI=1S/C79H153NO10/c1-3-5-7-9-11-13-15-17-19-21-23-25-27-29-31-33-35-37-38-40-42-44-46-48-50-52-54-56-58-60-62-64-66-71(82)74(84)70(69-89-79-77(87)76(86)75(85)73(68-81)90-79)80-78(88)72(83)67-65-63-61-59-57-55-53-51-49-47-45-43-41-39-36-34-32-30-28-26-24-22-20-18-16-14-12-10-8-6-4-2/h30,32,58,60,70-77,79,81-87H,3-29,31,33-57,59,61-69H2,1-2H3,(H,80,88)/b32-30-,60-58+. The van der Waals surface area contributed by atoms with E-state index in [-0.39, 0.29) is 12.8 Å². The van der Waals surface area contributed by atoms with Crippen LogP contribution in [0.3, 0.4) is 0 Å². The van der Waals surface area contributed by atoms with Crippen LogP contribution in [0.2, 0.25) is 0 Å². The van der Waals surface area contributed by atoms with Gasteiger partial charge in [0, 0.05) is 0 Å². The van der Waals surface area contributed by atoms with Gasteiger partial charge in [-0.1, -0.05) is 366 Å². The van der Waals surface area contributed by atoms with Crippen molar-refractivity contribution in [2.45, 2.75) is 461 Å². The molecule has 9 atom stereocenters. The number of ether oxygens (including phenoxy) is 2. The van der Waals surface area contributed by atoms with Crippen molar-refractivity contribution in [2.75, 3.05) is 13.2 Å². The van der Waals surface area contributed by atoms with Crippen molar-refractivity contribution in [1.82, 2.24) is 5.32 Å². The van der Waals surface area contributed by atoms with Gasteiger partial charge in [0.05, 0.1) is 25.4 Å². The maximum Gasteiger partial charge on any atom is 0.249 e. The molecule has 8 N–H and O–H groups in total. The van der Waals surface area contributed by atoms with E-state index in [9.17, 15) is 40.5 Å².